The molecule has 0 spiro atoms. The first-order valence-corrected chi connectivity index (χ1v) is 20.1. The molecule has 0 fully saturated rings. The Morgan fingerprint density at radius 3 is 1.29 bits per heavy atom. The highest BCUT2D eigenvalue weighted by Crippen LogP contribution is 2.42. The largest absolute Gasteiger partial charge is 0.416 e. The predicted molar refractivity (Wildman–Crippen MR) is 180 cm³/mol. The molecule has 0 amide bonds. The van der Waals surface area contributed by atoms with Gasteiger partial charge in [0.25, 0.3) is 0 Å². The molecule has 2 aromatic rings. The molecule has 0 aliphatic heterocycles. The number of hydrogen-bond donors (Lipinski definition) is 0. The molecule has 2 rings (SSSR count). The molecule has 0 N–H and O–H groups in total. The molecule has 41 heavy (non-hydrogen) atoms. The van der Waals surface area contributed by atoms with E-state index in [9.17, 15) is 13.2 Å². The Morgan fingerprint density at radius 1 is 0.585 bits per heavy atom. The summed E-state index contributed by atoms with van der Waals surface area (Å²) in [4.78, 5) is 0. The van der Waals surface area contributed by atoms with E-state index in [1.54, 1.807) is 12.1 Å². The van der Waals surface area contributed by atoms with Gasteiger partial charge in [-0.3, -0.25) is 0 Å². The van der Waals surface area contributed by atoms with Gasteiger partial charge in [0.1, 0.15) is 16.1 Å². The minimum atomic E-state index is -4.38. The van der Waals surface area contributed by atoms with Gasteiger partial charge in [-0.2, -0.15) is 13.2 Å². The van der Waals surface area contributed by atoms with Crippen molar-refractivity contribution >= 4 is 32.1 Å². The lowest BCUT2D eigenvalue weighted by molar-refractivity contribution is -0.137. The summed E-state index contributed by atoms with van der Waals surface area (Å²) in [5, 5.41) is 0. The van der Waals surface area contributed by atoms with Crippen molar-refractivity contribution in [1.82, 2.24) is 0 Å². The monoisotopic (exact) mass is 660 g/mol. The van der Waals surface area contributed by atoms with Gasteiger partial charge in [-0.25, -0.2) is 0 Å². The van der Waals surface area contributed by atoms with Crippen LogP contribution in [0.25, 0.3) is 11.1 Å². The van der Waals surface area contributed by atoms with Crippen LogP contribution < -0.4 is 0 Å². The average molecular weight is 662 g/mol. The van der Waals surface area contributed by atoms with E-state index in [0.29, 0.717) is 38.8 Å². The molecule has 0 saturated heterocycles. The second kappa shape index (κ2) is 13.7. The maximum Gasteiger partial charge on any atom is 0.416 e. The third-order valence-corrected chi connectivity index (χ3v) is 22.4. The number of hydrogen-bond acceptors (Lipinski definition) is 0. The molecule has 0 aliphatic carbocycles. The Labute approximate surface area is 258 Å². The van der Waals surface area contributed by atoms with Crippen LogP contribution in [0.15, 0.2) is 40.9 Å². The third kappa shape index (κ3) is 7.44. The van der Waals surface area contributed by atoms with Gasteiger partial charge in [0.05, 0.1) is 5.56 Å². The van der Waals surface area contributed by atoms with Crippen LogP contribution in [0.2, 0.25) is 33.2 Å². The molecule has 0 saturated carbocycles. The fraction of sp³-hybridized carbons (Fsp3) is 0.543. The highest BCUT2D eigenvalue weighted by molar-refractivity contribution is 9.10. The van der Waals surface area contributed by atoms with E-state index in [4.69, 9.17) is 0 Å². The van der Waals surface area contributed by atoms with Crippen LogP contribution in [0.3, 0.4) is 0 Å². The molecule has 0 radical (unpaired) electrons. The Balaban J connectivity index is 2.90. The van der Waals surface area contributed by atoms with Crippen LogP contribution in [0.4, 0.5) is 13.2 Å². The standard InChI is InChI=1S/C35H48BrF3Si2/c1-23(2)40(24(3)4,25(5)6)19-17-30-22-34(36)31(18-20-41(26(7)8,27(9)10)28(11)12)21-33(30)29-13-15-32(16-14-29)35(37,38)39/h13-16,21-28H,1-12H3. The highest BCUT2D eigenvalue weighted by atomic mass is 79.9. The van der Waals surface area contributed by atoms with Crippen LogP contribution in [0.1, 0.15) is 99.8 Å². The number of halogens is 4. The minimum absolute atomic E-state index is 0.472. The van der Waals surface area contributed by atoms with Gasteiger partial charge in [0, 0.05) is 15.6 Å². The summed E-state index contributed by atoms with van der Waals surface area (Å²) in [6.45, 7) is 27.4. The Hall–Kier alpha value is -1.74. The summed E-state index contributed by atoms with van der Waals surface area (Å²) in [5.41, 5.74) is 13.0. The second-order valence-corrected chi connectivity index (χ2v) is 25.3. The van der Waals surface area contributed by atoms with Gasteiger partial charge in [-0.1, -0.05) is 107 Å². The zero-order valence-electron chi connectivity index (χ0n) is 26.9. The van der Waals surface area contributed by atoms with Crippen LogP contribution in [-0.2, 0) is 6.18 Å². The molecule has 0 bridgehead atoms. The van der Waals surface area contributed by atoms with Gasteiger partial charge >= 0.3 is 6.18 Å². The summed E-state index contributed by atoms with van der Waals surface area (Å²) >= 11 is 3.79. The van der Waals surface area contributed by atoms with Gasteiger partial charge in [0.15, 0.2) is 0 Å². The molecule has 0 unspecified atom stereocenters. The first-order chi connectivity index (χ1) is 18.8. The second-order valence-electron chi connectivity index (χ2n) is 13.2. The van der Waals surface area contributed by atoms with E-state index in [1.807, 2.05) is 12.1 Å². The van der Waals surface area contributed by atoms with E-state index in [0.717, 1.165) is 33.3 Å². The molecule has 6 heteroatoms. The highest BCUT2D eigenvalue weighted by Gasteiger charge is 2.42. The van der Waals surface area contributed by atoms with E-state index in [1.165, 1.54) is 0 Å². The maximum absolute atomic E-state index is 13.4. The van der Waals surface area contributed by atoms with Crippen LogP contribution >= 0.6 is 15.9 Å². The first kappa shape index (κ1) is 35.5. The lowest BCUT2D eigenvalue weighted by Gasteiger charge is -2.38. The molecule has 0 heterocycles. The van der Waals surface area contributed by atoms with Gasteiger partial charge in [-0.15, -0.1) is 11.1 Å². The van der Waals surface area contributed by atoms with E-state index in [-0.39, 0.29) is 0 Å². The third-order valence-electron chi connectivity index (χ3n) is 9.19. The van der Waals surface area contributed by atoms with Crippen molar-refractivity contribution in [3.8, 4) is 34.1 Å². The number of benzene rings is 2. The van der Waals surface area contributed by atoms with E-state index in [2.05, 4.69) is 122 Å². The van der Waals surface area contributed by atoms with Crippen LogP contribution in [0.5, 0.6) is 0 Å². The van der Waals surface area contributed by atoms with Crippen LogP contribution in [-0.4, -0.2) is 16.1 Å². The zero-order chi connectivity index (χ0) is 31.5. The van der Waals surface area contributed by atoms with E-state index >= 15 is 0 Å². The fourth-order valence-corrected chi connectivity index (χ4v) is 17.9. The van der Waals surface area contributed by atoms with Crippen molar-refractivity contribution in [2.45, 2.75) is 123 Å². The van der Waals surface area contributed by atoms with Crippen molar-refractivity contribution in [3.63, 3.8) is 0 Å². The Bertz CT molecular complexity index is 1270. The van der Waals surface area contributed by atoms with E-state index < -0.39 is 27.9 Å². The molecule has 2 aromatic carbocycles. The summed E-state index contributed by atoms with van der Waals surface area (Å²) < 4.78 is 41.0. The van der Waals surface area contributed by atoms with Crippen molar-refractivity contribution < 1.29 is 13.2 Å². The lowest BCUT2D eigenvalue weighted by Crippen LogP contribution is -2.43. The predicted octanol–water partition coefficient (Wildman–Crippen LogP) is 12.3. The zero-order valence-corrected chi connectivity index (χ0v) is 30.5. The Morgan fingerprint density at radius 2 is 0.951 bits per heavy atom. The SMILES string of the molecule is CC(C)[Si](C#Cc1cc(-c2ccc(C(F)(F)F)cc2)c(C#C[Si](C(C)C)(C(C)C)C(C)C)cc1Br)(C(C)C)C(C)C. The smallest absolute Gasteiger partial charge is 0.166 e. The summed E-state index contributed by atoms with van der Waals surface area (Å²) in [6, 6.07) is 9.47. The van der Waals surface area contributed by atoms with Crippen molar-refractivity contribution in [1.29, 1.82) is 0 Å². The summed E-state index contributed by atoms with van der Waals surface area (Å²) in [6.07, 6.45) is -4.38. The minimum Gasteiger partial charge on any atom is -0.166 e. The molecular weight excluding hydrogens is 613 g/mol. The topological polar surface area (TPSA) is 0 Å². The molecule has 0 atom stereocenters. The van der Waals surface area contributed by atoms with Crippen molar-refractivity contribution in [2.24, 2.45) is 0 Å². The molecule has 0 nitrogen and oxygen atoms in total. The molecular formula is C35H48BrF3Si2. The average Bonchev–Trinajstić information content (AvgIpc) is 2.84. The normalized spacial score (nSPS) is 12.8. The van der Waals surface area contributed by atoms with Gasteiger partial charge in [-0.05, 0) is 84.6 Å². The first-order valence-electron chi connectivity index (χ1n) is 14.9. The molecule has 0 aliphatic rings. The molecule has 0 aromatic heterocycles. The number of alkyl halides is 3. The number of rotatable bonds is 7. The van der Waals surface area contributed by atoms with Crippen LogP contribution in [0, 0.1) is 22.9 Å². The van der Waals surface area contributed by atoms with Gasteiger partial charge in [0.2, 0.25) is 0 Å². The van der Waals surface area contributed by atoms with Gasteiger partial charge < -0.3 is 0 Å². The quantitative estimate of drug-likeness (QED) is 0.205. The Kier molecular flexibility index (Phi) is 11.9. The van der Waals surface area contributed by atoms with Crippen molar-refractivity contribution in [3.05, 3.63) is 57.6 Å². The maximum atomic E-state index is 13.4. The summed E-state index contributed by atoms with van der Waals surface area (Å²) in [5.74, 6) is 7.10. The lowest BCUT2D eigenvalue weighted by atomic mass is 9.97. The fourth-order valence-electron chi connectivity index (χ4n) is 7.07. The molecule has 224 valence electrons. The summed E-state index contributed by atoms with van der Waals surface area (Å²) in [7, 11) is -4.00. The van der Waals surface area contributed by atoms with Crippen molar-refractivity contribution in [2.75, 3.05) is 0 Å².